The van der Waals surface area contributed by atoms with Gasteiger partial charge in [0.25, 0.3) is 0 Å². The van der Waals surface area contributed by atoms with Crippen molar-refractivity contribution in [1.82, 2.24) is 3.53 Å². The molecule has 0 fully saturated rings. The van der Waals surface area contributed by atoms with Crippen LogP contribution in [0.2, 0.25) is 0 Å². The van der Waals surface area contributed by atoms with Gasteiger partial charge in [-0.2, -0.15) is 0 Å². The number of unbranched alkanes of at least 4 members (excludes halogenated alkanes) is 1. The fourth-order valence-corrected chi connectivity index (χ4v) is 2.06. The maximum absolute atomic E-state index is 10.9. The standard InChI is InChI=1S/C8H17IN2O/c1-3-4-5-6(2)7(11-9)8(10)12/h6-7,11H,3-5H2,1-2H3,(H2,10,12). The molecule has 2 unspecified atom stereocenters. The number of amides is 1. The highest BCUT2D eigenvalue weighted by atomic mass is 127. The summed E-state index contributed by atoms with van der Waals surface area (Å²) in [4.78, 5) is 10.9. The van der Waals surface area contributed by atoms with E-state index in [0.29, 0.717) is 5.92 Å². The highest BCUT2D eigenvalue weighted by Crippen LogP contribution is 2.12. The van der Waals surface area contributed by atoms with Gasteiger partial charge in [0.1, 0.15) is 0 Å². The molecule has 0 aliphatic rings. The Balaban J connectivity index is 3.85. The van der Waals surface area contributed by atoms with Crippen molar-refractivity contribution in [2.24, 2.45) is 11.7 Å². The van der Waals surface area contributed by atoms with E-state index in [1.807, 2.05) is 22.9 Å². The highest BCUT2D eigenvalue weighted by molar-refractivity contribution is 14.1. The van der Waals surface area contributed by atoms with Crippen LogP contribution in [0.4, 0.5) is 0 Å². The second kappa shape index (κ2) is 6.65. The molecule has 0 aliphatic heterocycles. The number of nitrogens with two attached hydrogens (primary N) is 1. The van der Waals surface area contributed by atoms with E-state index in [-0.39, 0.29) is 11.9 Å². The molecule has 0 aromatic heterocycles. The van der Waals surface area contributed by atoms with Gasteiger partial charge in [0.2, 0.25) is 5.91 Å². The van der Waals surface area contributed by atoms with E-state index in [0.717, 1.165) is 19.3 Å². The monoisotopic (exact) mass is 284 g/mol. The van der Waals surface area contributed by atoms with Crippen molar-refractivity contribution >= 4 is 28.8 Å². The summed E-state index contributed by atoms with van der Waals surface area (Å²) in [5.41, 5.74) is 5.21. The molecule has 72 valence electrons. The van der Waals surface area contributed by atoms with Crippen LogP contribution < -0.4 is 9.26 Å². The molecule has 0 spiro atoms. The molecule has 1 amide bonds. The molecule has 3 nitrogen and oxygen atoms in total. The Kier molecular flexibility index (Phi) is 6.74. The van der Waals surface area contributed by atoms with Gasteiger partial charge >= 0.3 is 0 Å². The van der Waals surface area contributed by atoms with Crippen LogP contribution in [0, 0.1) is 5.92 Å². The molecule has 0 aromatic carbocycles. The zero-order chi connectivity index (χ0) is 9.56. The molecule has 3 N–H and O–H groups in total. The summed E-state index contributed by atoms with van der Waals surface area (Å²) in [6.45, 7) is 4.19. The van der Waals surface area contributed by atoms with E-state index < -0.39 is 0 Å². The van der Waals surface area contributed by atoms with Crippen molar-refractivity contribution in [2.75, 3.05) is 0 Å². The lowest BCUT2D eigenvalue weighted by Crippen LogP contribution is -2.41. The van der Waals surface area contributed by atoms with E-state index >= 15 is 0 Å². The summed E-state index contributed by atoms with van der Waals surface area (Å²) < 4.78 is 2.91. The third-order valence-electron chi connectivity index (χ3n) is 2.01. The Morgan fingerprint density at radius 1 is 1.67 bits per heavy atom. The molecule has 0 saturated heterocycles. The average molecular weight is 284 g/mol. The quantitative estimate of drug-likeness (QED) is 0.575. The van der Waals surface area contributed by atoms with Crippen molar-refractivity contribution in [3.63, 3.8) is 0 Å². The zero-order valence-electron chi connectivity index (χ0n) is 7.64. The van der Waals surface area contributed by atoms with E-state index in [2.05, 4.69) is 17.4 Å². The topological polar surface area (TPSA) is 55.1 Å². The van der Waals surface area contributed by atoms with Crippen LogP contribution in [0.15, 0.2) is 0 Å². The lowest BCUT2D eigenvalue weighted by molar-refractivity contribution is -0.120. The van der Waals surface area contributed by atoms with Crippen molar-refractivity contribution in [1.29, 1.82) is 0 Å². The molecule has 2 atom stereocenters. The van der Waals surface area contributed by atoms with Crippen molar-refractivity contribution in [3.05, 3.63) is 0 Å². The predicted octanol–water partition coefficient (Wildman–Crippen LogP) is 1.61. The first-order valence-electron chi connectivity index (χ1n) is 4.29. The number of nitrogens with one attached hydrogen (secondary N) is 1. The number of primary amides is 1. The summed E-state index contributed by atoms with van der Waals surface area (Å²) >= 11 is 1.98. The molecule has 0 aliphatic carbocycles. The van der Waals surface area contributed by atoms with E-state index in [4.69, 9.17) is 5.73 Å². The fourth-order valence-electron chi connectivity index (χ4n) is 1.13. The van der Waals surface area contributed by atoms with Gasteiger partial charge in [-0.25, -0.2) is 3.53 Å². The van der Waals surface area contributed by atoms with E-state index in [9.17, 15) is 4.79 Å². The first kappa shape index (κ1) is 12.2. The SMILES string of the molecule is CCCCC(C)C(NI)C(N)=O. The van der Waals surface area contributed by atoms with Crippen LogP contribution in [0.1, 0.15) is 33.1 Å². The number of rotatable bonds is 6. The van der Waals surface area contributed by atoms with Crippen LogP contribution in [0.3, 0.4) is 0 Å². The first-order valence-corrected chi connectivity index (χ1v) is 5.36. The molecule has 0 aromatic rings. The van der Waals surface area contributed by atoms with Crippen LogP contribution in [0.5, 0.6) is 0 Å². The first-order chi connectivity index (χ1) is 5.63. The Morgan fingerprint density at radius 3 is 2.58 bits per heavy atom. The smallest absolute Gasteiger partial charge is 0.235 e. The summed E-state index contributed by atoms with van der Waals surface area (Å²) in [6.07, 6.45) is 3.38. The minimum atomic E-state index is -0.256. The highest BCUT2D eigenvalue weighted by Gasteiger charge is 2.20. The Bertz CT molecular complexity index is 141. The lowest BCUT2D eigenvalue weighted by Gasteiger charge is -2.18. The van der Waals surface area contributed by atoms with Gasteiger partial charge < -0.3 is 5.73 Å². The number of halogens is 1. The van der Waals surface area contributed by atoms with E-state index in [1.54, 1.807) is 0 Å². The van der Waals surface area contributed by atoms with Crippen molar-refractivity contribution in [3.8, 4) is 0 Å². The van der Waals surface area contributed by atoms with Gasteiger partial charge in [-0.15, -0.1) is 0 Å². The van der Waals surface area contributed by atoms with E-state index in [1.165, 1.54) is 0 Å². The van der Waals surface area contributed by atoms with Gasteiger partial charge in [-0.1, -0.05) is 26.7 Å². The molecule has 0 radical (unpaired) electrons. The number of carbonyl (C=O) groups is 1. The Labute approximate surface area is 88.0 Å². The second-order valence-corrected chi connectivity index (χ2v) is 3.73. The largest absolute Gasteiger partial charge is 0.368 e. The summed E-state index contributed by atoms with van der Waals surface area (Å²) in [5, 5.41) is 0. The number of hydrogen-bond acceptors (Lipinski definition) is 2. The maximum Gasteiger partial charge on any atom is 0.235 e. The molecule has 0 heterocycles. The van der Waals surface area contributed by atoms with Crippen LogP contribution in [-0.2, 0) is 4.79 Å². The van der Waals surface area contributed by atoms with Crippen LogP contribution in [-0.4, -0.2) is 11.9 Å². The zero-order valence-corrected chi connectivity index (χ0v) is 9.80. The fraction of sp³-hybridized carbons (Fsp3) is 0.875. The van der Waals surface area contributed by atoms with Gasteiger partial charge in [-0.05, 0) is 12.3 Å². The molecule has 0 rings (SSSR count). The molecule has 12 heavy (non-hydrogen) atoms. The molecular weight excluding hydrogens is 267 g/mol. The van der Waals surface area contributed by atoms with Crippen molar-refractivity contribution in [2.45, 2.75) is 39.2 Å². The average Bonchev–Trinajstić information content (AvgIpc) is 2.01. The molecule has 0 saturated carbocycles. The van der Waals surface area contributed by atoms with Gasteiger partial charge in [0.05, 0.1) is 6.04 Å². The molecular formula is C8H17IN2O. The Morgan fingerprint density at radius 2 is 2.25 bits per heavy atom. The second-order valence-electron chi connectivity index (χ2n) is 3.11. The minimum Gasteiger partial charge on any atom is -0.368 e. The van der Waals surface area contributed by atoms with Gasteiger partial charge in [0, 0.05) is 22.9 Å². The summed E-state index contributed by atoms with van der Waals surface area (Å²) in [7, 11) is 0. The summed E-state index contributed by atoms with van der Waals surface area (Å²) in [5.74, 6) is 0.0763. The lowest BCUT2D eigenvalue weighted by atomic mass is 9.96. The normalized spacial score (nSPS) is 15.6. The maximum atomic E-state index is 10.9. The number of carbonyl (C=O) groups excluding carboxylic acids is 1. The van der Waals surface area contributed by atoms with Gasteiger partial charge in [0.15, 0.2) is 0 Å². The van der Waals surface area contributed by atoms with Crippen LogP contribution >= 0.6 is 22.9 Å². The summed E-state index contributed by atoms with van der Waals surface area (Å²) in [6, 6.07) is -0.183. The molecule has 0 bridgehead atoms. The predicted molar refractivity (Wildman–Crippen MR) is 58.8 cm³/mol. The third kappa shape index (κ3) is 4.25. The van der Waals surface area contributed by atoms with Crippen molar-refractivity contribution < 1.29 is 4.79 Å². The third-order valence-corrected chi connectivity index (χ3v) is 2.68. The Hall–Kier alpha value is 0.160. The van der Waals surface area contributed by atoms with Crippen LogP contribution in [0.25, 0.3) is 0 Å². The number of hydrogen-bond donors (Lipinski definition) is 2. The van der Waals surface area contributed by atoms with Gasteiger partial charge in [-0.3, -0.25) is 4.79 Å². The minimum absolute atomic E-state index is 0.183. The molecule has 4 heteroatoms.